The molecule has 1 aromatic heterocycles. The van der Waals surface area contributed by atoms with Crippen LogP contribution in [0.5, 0.6) is 0 Å². The van der Waals surface area contributed by atoms with Gasteiger partial charge in [-0.2, -0.15) is 26.3 Å². The molecule has 0 aliphatic heterocycles. The van der Waals surface area contributed by atoms with E-state index in [-0.39, 0.29) is 31.0 Å². The fourth-order valence-electron chi connectivity index (χ4n) is 4.63. The Labute approximate surface area is 252 Å². The van der Waals surface area contributed by atoms with Crippen molar-refractivity contribution in [3.63, 3.8) is 0 Å². The van der Waals surface area contributed by atoms with Gasteiger partial charge < -0.3 is 14.4 Å². The number of hydrogen-bond donors (Lipinski definition) is 0. The fraction of sp³-hybridized carbons (Fsp3) is 0.419. The molecule has 0 atom stereocenters. The molecule has 0 aliphatic rings. The second kappa shape index (κ2) is 13.9. The van der Waals surface area contributed by atoms with Crippen LogP contribution >= 0.6 is 11.6 Å². The molecule has 2 aromatic carbocycles. The van der Waals surface area contributed by atoms with Gasteiger partial charge in [0.15, 0.2) is 0 Å². The Morgan fingerprint density at radius 2 is 1.37 bits per heavy atom. The minimum atomic E-state index is -5.11. The molecular weight excluding hydrogens is 596 g/mol. The molecule has 0 unspecified atom stereocenters. The molecule has 12 heteroatoms. The number of hydrogen-bond acceptors (Lipinski definition) is 2. The molecule has 3 rings (SSSR count). The summed E-state index contributed by atoms with van der Waals surface area (Å²) in [6, 6.07) is 11.8. The molecule has 0 saturated heterocycles. The maximum Gasteiger partial charge on any atom is 0.416 e. The normalized spacial score (nSPS) is 12.2. The Morgan fingerprint density at radius 1 is 0.814 bits per heavy atom. The van der Waals surface area contributed by atoms with E-state index in [2.05, 4.69) is 0 Å². The fourth-order valence-corrected chi connectivity index (χ4v) is 4.83. The lowest BCUT2D eigenvalue weighted by atomic mass is 10.0. The Balaban J connectivity index is 1.91. The molecule has 0 spiro atoms. The summed E-state index contributed by atoms with van der Waals surface area (Å²) in [5, 5.41) is 0.586. The van der Waals surface area contributed by atoms with Gasteiger partial charge in [0, 0.05) is 42.1 Å². The summed E-state index contributed by atoms with van der Waals surface area (Å²) in [4.78, 5) is 29.6. The number of benzene rings is 2. The standard InChI is InChI=1S/C31H34ClF6N3O2/c1-20(2)15-40(18-26-9-7-11-39(26)17-22-8-5-6-10-27(22)32)28(42)19-41(16-21(3)4)29(43)23-12-24(30(33,34)35)14-25(13-23)31(36,37)38/h5-14,20-21H,15-19H2,1-4H3. The van der Waals surface area contributed by atoms with Crippen LogP contribution in [0.3, 0.4) is 0 Å². The SMILES string of the molecule is CC(C)CN(Cc1cccn1Cc1ccccc1Cl)C(=O)CN(CC(C)C)C(=O)c1cc(C(F)(F)F)cc(C(F)(F)F)c1. The first-order valence-corrected chi connectivity index (χ1v) is 14.1. The molecule has 2 amide bonds. The van der Waals surface area contributed by atoms with E-state index in [1.807, 2.05) is 54.9 Å². The van der Waals surface area contributed by atoms with Crippen molar-refractivity contribution in [2.75, 3.05) is 19.6 Å². The van der Waals surface area contributed by atoms with E-state index >= 15 is 0 Å². The molecular formula is C31H34ClF6N3O2. The zero-order valence-electron chi connectivity index (χ0n) is 24.3. The van der Waals surface area contributed by atoms with E-state index in [1.54, 1.807) is 19.9 Å². The van der Waals surface area contributed by atoms with Crippen LogP contribution in [0, 0.1) is 11.8 Å². The van der Waals surface area contributed by atoms with E-state index in [4.69, 9.17) is 11.6 Å². The number of halogens is 7. The van der Waals surface area contributed by atoms with Crippen LogP contribution in [0.15, 0.2) is 60.8 Å². The molecule has 3 aromatic rings. The summed E-state index contributed by atoms with van der Waals surface area (Å²) < 4.78 is 82.7. The van der Waals surface area contributed by atoms with Crippen LogP contribution in [0.25, 0.3) is 0 Å². The third-order valence-electron chi connectivity index (χ3n) is 6.55. The number of amides is 2. The quantitative estimate of drug-likeness (QED) is 0.202. The third-order valence-corrected chi connectivity index (χ3v) is 6.92. The van der Waals surface area contributed by atoms with Gasteiger partial charge in [0.25, 0.3) is 5.91 Å². The first-order valence-electron chi connectivity index (χ1n) is 13.7. The monoisotopic (exact) mass is 629 g/mol. The molecule has 0 N–H and O–H groups in total. The number of alkyl halides is 6. The minimum absolute atomic E-state index is 0.0305. The highest BCUT2D eigenvalue weighted by Crippen LogP contribution is 2.36. The lowest BCUT2D eigenvalue weighted by molar-refractivity contribution is -0.143. The average molecular weight is 630 g/mol. The van der Waals surface area contributed by atoms with Gasteiger partial charge in [0.1, 0.15) is 6.54 Å². The zero-order valence-corrected chi connectivity index (χ0v) is 25.0. The second-order valence-electron chi connectivity index (χ2n) is 11.3. The van der Waals surface area contributed by atoms with Crippen LogP contribution in [-0.2, 0) is 30.2 Å². The highest BCUT2D eigenvalue weighted by Gasteiger charge is 2.38. The van der Waals surface area contributed by atoms with Crippen LogP contribution in [-0.4, -0.2) is 45.8 Å². The van der Waals surface area contributed by atoms with Gasteiger partial charge in [-0.25, -0.2) is 0 Å². The van der Waals surface area contributed by atoms with Crippen molar-refractivity contribution in [1.82, 2.24) is 14.4 Å². The van der Waals surface area contributed by atoms with Crippen molar-refractivity contribution < 1.29 is 35.9 Å². The predicted molar refractivity (Wildman–Crippen MR) is 152 cm³/mol. The highest BCUT2D eigenvalue weighted by molar-refractivity contribution is 6.31. The maximum atomic E-state index is 13.7. The van der Waals surface area contributed by atoms with E-state index in [1.165, 1.54) is 4.90 Å². The first-order chi connectivity index (χ1) is 20.0. The zero-order chi connectivity index (χ0) is 32.1. The van der Waals surface area contributed by atoms with Crippen molar-refractivity contribution in [1.29, 1.82) is 0 Å². The van der Waals surface area contributed by atoms with Gasteiger partial charge in [-0.05, 0) is 53.8 Å². The smallest absolute Gasteiger partial charge is 0.345 e. The van der Waals surface area contributed by atoms with Gasteiger partial charge in [0.2, 0.25) is 5.91 Å². The Morgan fingerprint density at radius 3 is 1.91 bits per heavy atom. The summed E-state index contributed by atoms with van der Waals surface area (Å²) in [5.41, 5.74) is -2.33. The lowest BCUT2D eigenvalue weighted by Gasteiger charge is -2.30. The molecule has 0 bridgehead atoms. The molecule has 5 nitrogen and oxygen atoms in total. The van der Waals surface area contributed by atoms with Gasteiger partial charge in [-0.3, -0.25) is 9.59 Å². The van der Waals surface area contributed by atoms with Crippen molar-refractivity contribution in [3.05, 3.63) is 93.8 Å². The maximum absolute atomic E-state index is 13.7. The van der Waals surface area contributed by atoms with Gasteiger partial charge in [-0.1, -0.05) is 57.5 Å². The van der Waals surface area contributed by atoms with E-state index in [0.29, 0.717) is 30.2 Å². The van der Waals surface area contributed by atoms with E-state index < -0.39 is 47.4 Å². The number of carbonyl (C=O) groups is 2. The summed E-state index contributed by atoms with van der Waals surface area (Å²) in [6.45, 7) is 7.61. The van der Waals surface area contributed by atoms with Crippen molar-refractivity contribution >= 4 is 23.4 Å². The summed E-state index contributed by atoms with van der Waals surface area (Å²) >= 11 is 6.33. The van der Waals surface area contributed by atoms with Crippen LogP contribution in [0.4, 0.5) is 26.3 Å². The van der Waals surface area contributed by atoms with E-state index in [0.717, 1.165) is 16.2 Å². The first kappa shape index (κ1) is 34.0. The topological polar surface area (TPSA) is 45.6 Å². The lowest BCUT2D eigenvalue weighted by Crippen LogP contribution is -2.45. The molecule has 43 heavy (non-hydrogen) atoms. The molecule has 0 saturated carbocycles. The molecule has 0 aliphatic carbocycles. The molecule has 0 radical (unpaired) electrons. The van der Waals surface area contributed by atoms with E-state index in [9.17, 15) is 35.9 Å². The van der Waals surface area contributed by atoms with Crippen molar-refractivity contribution in [2.24, 2.45) is 11.8 Å². The predicted octanol–water partition coefficient (Wildman–Crippen LogP) is 8.01. The number of rotatable bonds is 11. The number of carbonyl (C=O) groups excluding carboxylic acids is 2. The average Bonchev–Trinajstić information content (AvgIpc) is 3.33. The van der Waals surface area contributed by atoms with Crippen molar-refractivity contribution in [3.8, 4) is 0 Å². The van der Waals surface area contributed by atoms with Gasteiger partial charge >= 0.3 is 12.4 Å². The third kappa shape index (κ3) is 9.51. The Hall–Kier alpha value is -3.47. The molecule has 0 fully saturated rings. The largest absolute Gasteiger partial charge is 0.416 e. The summed E-state index contributed by atoms with van der Waals surface area (Å²) in [5.74, 6) is -1.78. The number of aromatic nitrogens is 1. The summed E-state index contributed by atoms with van der Waals surface area (Å²) in [7, 11) is 0. The van der Waals surface area contributed by atoms with Crippen LogP contribution < -0.4 is 0 Å². The van der Waals surface area contributed by atoms with Gasteiger partial charge in [0.05, 0.1) is 17.7 Å². The minimum Gasteiger partial charge on any atom is -0.345 e. The van der Waals surface area contributed by atoms with Crippen LogP contribution in [0.2, 0.25) is 5.02 Å². The number of nitrogens with zero attached hydrogens (tertiary/aromatic N) is 3. The van der Waals surface area contributed by atoms with Crippen molar-refractivity contribution in [2.45, 2.75) is 53.1 Å². The van der Waals surface area contributed by atoms with Gasteiger partial charge in [-0.15, -0.1) is 0 Å². The highest BCUT2D eigenvalue weighted by atomic mass is 35.5. The molecule has 1 heterocycles. The molecule has 234 valence electrons. The summed E-state index contributed by atoms with van der Waals surface area (Å²) in [6.07, 6.45) is -8.37. The Kier molecular flexibility index (Phi) is 11.0. The Bertz CT molecular complexity index is 1380. The second-order valence-corrected chi connectivity index (χ2v) is 11.7. The van der Waals surface area contributed by atoms with Crippen LogP contribution in [0.1, 0.15) is 60.4 Å².